The summed E-state index contributed by atoms with van der Waals surface area (Å²) < 4.78 is 0. The summed E-state index contributed by atoms with van der Waals surface area (Å²) in [7, 11) is 0. The van der Waals surface area contributed by atoms with Crippen molar-refractivity contribution in [2.24, 2.45) is 0 Å². The van der Waals surface area contributed by atoms with Crippen molar-refractivity contribution in [2.75, 3.05) is 11.5 Å². The first-order valence-electron chi connectivity index (χ1n) is 6.98. The first kappa shape index (κ1) is 13.7. The Morgan fingerprint density at radius 3 is 2.83 bits per heavy atom. The van der Waals surface area contributed by atoms with E-state index in [0.29, 0.717) is 5.82 Å². The van der Waals surface area contributed by atoms with Gasteiger partial charge in [-0.2, -0.15) is 4.98 Å². The maximum atomic E-state index is 11.6. The number of aromatic amines is 1. The lowest BCUT2D eigenvalue weighted by atomic mass is 10.1. The molecule has 0 aliphatic rings. The van der Waals surface area contributed by atoms with Crippen LogP contribution in [0.3, 0.4) is 0 Å². The quantitative estimate of drug-likeness (QED) is 0.491. The number of carbonyl (C=O) groups is 1. The molecule has 0 aliphatic carbocycles. The molecule has 0 unspecified atom stereocenters. The Morgan fingerprint density at radius 2 is 2.09 bits per heavy atom. The van der Waals surface area contributed by atoms with Gasteiger partial charge in [-0.1, -0.05) is 0 Å². The molecule has 23 heavy (non-hydrogen) atoms. The highest BCUT2D eigenvalue weighted by atomic mass is 32.1. The molecule has 0 bridgehead atoms. The van der Waals surface area contributed by atoms with Gasteiger partial charge >= 0.3 is 0 Å². The predicted molar refractivity (Wildman–Crippen MR) is 93.5 cm³/mol. The number of rotatable bonds is 2. The number of thiophene rings is 1. The van der Waals surface area contributed by atoms with Crippen LogP contribution in [0.4, 0.5) is 11.8 Å². The molecule has 0 aliphatic heterocycles. The number of aromatic nitrogens is 3. The van der Waals surface area contributed by atoms with Crippen molar-refractivity contribution in [2.45, 2.75) is 6.92 Å². The summed E-state index contributed by atoms with van der Waals surface area (Å²) in [4.78, 5) is 24.8. The van der Waals surface area contributed by atoms with Crippen LogP contribution < -0.4 is 11.5 Å². The van der Waals surface area contributed by atoms with E-state index < -0.39 is 0 Å². The fourth-order valence-corrected chi connectivity index (χ4v) is 3.69. The van der Waals surface area contributed by atoms with Crippen LogP contribution in [0, 0.1) is 0 Å². The number of ketones is 1. The number of nitrogens with two attached hydrogens (primary N) is 2. The van der Waals surface area contributed by atoms with Gasteiger partial charge in [-0.05, 0) is 31.2 Å². The molecule has 0 amide bonds. The molecule has 4 rings (SSSR count). The Kier molecular flexibility index (Phi) is 2.85. The van der Waals surface area contributed by atoms with Crippen LogP contribution in [0.2, 0.25) is 0 Å². The second kappa shape index (κ2) is 4.79. The summed E-state index contributed by atoms with van der Waals surface area (Å²) in [6, 6.07) is 7.63. The van der Waals surface area contributed by atoms with E-state index in [1.807, 2.05) is 24.3 Å². The number of hydrogen-bond acceptors (Lipinski definition) is 6. The molecule has 114 valence electrons. The molecule has 4 aromatic rings. The average Bonchev–Trinajstić information content (AvgIpc) is 3.15. The summed E-state index contributed by atoms with van der Waals surface area (Å²) in [5.41, 5.74) is 14.4. The standard InChI is InChI=1S/C16H13N5OS/c1-7(22)11-2-3-12(23-11)9-6-10-13(8-4-5-19-14(8)9)15(17)21-16(18)20-10/h2-6H,17H2,1H3,(H3,18,20,21). The predicted octanol–water partition coefficient (Wildman–Crippen LogP) is 3.21. The number of hydrogen-bond donors (Lipinski definition) is 3. The van der Waals surface area contributed by atoms with Gasteiger partial charge < -0.3 is 16.5 Å². The summed E-state index contributed by atoms with van der Waals surface area (Å²) in [6.07, 6.45) is 1.74. The van der Waals surface area contributed by atoms with Crippen LogP contribution in [0.15, 0.2) is 30.5 Å². The van der Waals surface area contributed by atoms with Gasteiger partial charge in [0.05, 0.1) is 15.9 Å². The second-order valence-corrected chi connectivity index (χ2v) is 6.36. The van der Waals surface area contributed by atoms with Gasteiger partial charge in [0.25, 0.3) is 0 Å². The van der Waals surface area contributed by atoms with Crippen molar-refractivity contribution in [3.63, 3.8) is 0 Å². The van der Waals surface area contributed by atoms with Gasteiger partial charge in [0, 0.05) is 27.4 Å². The second-order valence-electron chi connectivity index (χ2n) is 5.28. The Morgan fingerprint density at radius 1 is 1.26 bits per heavy atom. The molecule has 1 aromatic carbocycles. The van der Waals surface area contributed by atoms with Gasteiger partial charge in [-0.3, -0.25) is 9.78 Å². The zero-order valence-electron chi connectivity index (χ0n) is 12.3. The number of nitrogens with one attached hydrogen (secondary N) is 1. The number of benzene rings is 1. The van der Waals surface area contributed by atoms with Crippen LogP contribution in [0.25, 0.3) is 32.2 Å². The smallest absolute Gasteiger partial charge is 0.199 e. The summed E-state index contributed by atoms with van der Waals surface area (Å²) in [6.45, 7) is 1.56. The summed E-state index contributed by atoms with van der Waals surface area (Å²) in [5.74, 6) is 0.685. The Balaban J connectivity index is 2.09. The lowest BCUT2D eigenvalue weighted by Crippen LogP contribution is -2.01. The molecule has 0 saturated carbocycles. The minimum atomic E-state index is 0.0537. The van der Waals surface area contributed by atoms with Crippen molar-refractivity contribution < 1.29 is 4.79 Å². The lowest BCUT2D eigenvalue weighted by Gasteiger charge is -2.08. The third kappa shape index (κ3) is 2.05. The van der Waals surface area contributed by atoms with E-state index in [4.69, 9.17) is 11.5 Å². The fraction of sp³-hybridized carbons (Fsp3) is 0.0625. The maximum absolute atomic E-state index is 11.6. The Hall–Kier alpha value is -2.93. The highest BCUT2D eigenvalue weighted by Crippen LogP contribution is 2.38. The molecule has 0 saturated heterocycles. The number of Topliss-reactive ketones (excluding diaryl/α,β-unsaturated/α-hetero) is 1. The normalized spacial score (nSPS) is 11.3. The molecule has 3 aromatic heterocycles. The molecule has 3 heterocycles. The molecular formula is C16H13N5OS. The number of nitrogens with zero attached hydrogens (tertiary/aromatic N) is 2. The van der Waals surface area contributed by atoms with E-state index in [-0.39, 0.29) is 11.7 Å². The Labute approximate surface area is 135 Å². The van der Waals surface area contributed by atoms with Crippen LogP contribution in [0.5, 0.6) is 0 Å². The van der Waals surface area contributed by atoms with Gasteiger partial charge in [0.1, 0.15) is 5.82 Å². The van der Waals surface area contributed by atoms with Gasteiger partial charge in [-0.25, -0.2) is 0 Å². The highest BCUT2D eigenvalue weighted by Gasteiger charge is 2.15. The number of nitrogen functional groups attached to an aromatic ring is 2. The van der Waals surface area contributed by atoms with Crippen LogP contribution >= 0.6 is 11.3 Å². The van der Waals surface area contributed by atoms with Crippen LogP contribution in [-0.2, 0) is 0 Å². The summed E-state index contributed by atoms with van der Waals surface area (Å²) in [5, 5.41) is 1.72. The molecule has 0 atom stereocenters. The molecular weight excluding hydrogens is 310 g/mol. The SMILES string of the molecule is CC(=O)c1ccc(-c2cc3[nH]c(N)nc(N)c3c3ccnc23)s1. The molecule has 0 spiro atoms. The number of carbonyl (C=O) groups excluding carboxylic acids is 1. The van der Waals surface area contributed by atoms with Gasteiger partial charge in [0.15, 0.2) is 11.7 Å². The van der Waals surface area contributed by atoms with E-state index in [2.05, 4.69) is 15.0 Å². The minimum absolute atomic E-state index is 0.0537. The monoisotopic (exact) mass is 323 g/mol. The fourth-order valence-electron chi connectivity index (χ4n) is 2.77. The highest BCUT2D eigenvalue weighted by molar-refractivity contribution is 7.17. The van der Waals surface area contributed by atoms with Crippen LogP contribution in [-0.4, -0.2) is 20.7 Å². The molecule has 0 fully saturated rings. The van der Waals surface area contributed by atoms with E-state index >= 15 is 0 Å². The number of H-pyrrole nitrogens is 1. The number of anilines is 2. The molecule has 0 radical (unpaired) electrons. The summed E-state index contributed by atoms with van der Waals surface area (Å²) >= 11 is 1.45. The first-order chi connectivity index (χ1) is 11.0. The molecule has 5 N–H and O–H groups in total. The average molecular weight is 323 g/mol. The van der Waals surface area contributed by atoms with Crippen molar-refractivity contribution in [3.8, 4) is 10.4 Å². The lowest BCUT2D eigenvalue weighted by molar-refractivity contribution is 0.102. The van der Waals surface area contributed by atoms with Gasteiger partial charge in [0.2, 0.25) is 0 Å². The van der Waals surface area contributed by atoms with Crippen molar-refractivity contribution in [1.82, 2.24) is 15.0 Å². The third-order valence-electron chi connectivity index (χ3n) is 3.76. The van der Waals surface area contributed by atoms with Gasteiger partial charge in [-0.15, -0.1) is 11.3 Å². The largest absolute Gasteiger partial charge is 0.383 e. The zero-order valence-corrected chi connectivity index (χ0v) is 13.1. The number of fused-ring (bicyclic) bond motifs is 3. The van der Waals surface area contributed by atoms with E-state index in [0.717, 1.165) is 37.1 Å². The Bertz CT molecular complexity index is 1080. The molecule has 7 heteroatoms. The third-order valence-corrected chi connectivity index (χ3v) is 4.98. The molecule has 6 nitrogen and oxygen atoms in total. The van der Waals surface area contributed by atoms with E-state index in [9.17, 15) is 4.79 Å². The topological polar surface area (TPSA) is 111 Å². The van der Waals surface area contributed by atoms with E-state index in [1.165, 1.54) is 11.3 Å². The maximum Gasteiger partial charge on any atom is 0.199 e. The minimum Gasteiger partial charge on any atom is -0.383 e. The van der Waals surface area contributed by atoms with Crippen molar-refractivity contribution >= 4 is 50.7 Å². The van der Waals surface area contributed by atoms with E-state index in [1.54, 1.807) is 13.1 Å². The van der Waals surface area contributed by atoms with Crippen LogP contribution in [0.1, 0.15) is 16.6 Å². The van der Waals surface area contributed by atoms with Crippen molar-refractivity contribution in [1.29, 1.82) is 0 Å². The first-order valence-corrected chi connectivity index (χ1v) is 7.80. The van der Waals surface area contributed by atoms with Crippen molar-refractivity contribution in [3.05, 3.63) is 35.3 Å². The zero-order chi connectivity index (χ0) is 16.1.